The van der Waals surface area contributed by atoms with E-state index in [9.17, 15) is 9.59 Å². The molecule has 0 unspecified atom stereocenters. The highest BCUT2D eigenvalue weighted by molar-refractivity contribution is 6.31. The van der Waals surface area contributed by atoms with Crippen LogP contribution in [0.15, 0.2) is 30.6 Å². The first-order valence-corrected chi connectivity index (χ1v) is 11.6. The molecule has 1 aliphatic rings. The summed E-state index contributed by atoms with van der Waals surface area (Å²) in [4.78, 5) is 28.4. The van der Waals surface area contributed by atoms with Gasteiger partial charge in [-0.3, -0.25) is 9.59 Å². The molecule has 1 aromatic carbocycles. The smallest absolute Gasteiger partial charge is 0.309 e. The van der Waals surface area contributed by atoms with Crippen molar-refractivity contribution in [2.75, 3.05) is 0 Å². The van der Waals surface area contributed by atoms with Gasteiger partial charge in [0.05, 0.1) is 12.1 Å². The normalized spacial score (nSPS) is 16.0. The number of halogens is 1. The second-order valence-electron chi connectivity index (χ2n) is 8.73. The van der Waals surface area contributed by atoms with Crippen molar-refractivity contribution in [3.05, 3.63) is 63.7 Å². The van der Waals surface area contributed by atoms with E-state index in [-0.39, 0.29) is 30.4 Å². The largest absolute Gasteiger partial charge is 0.459 e. The van der Waals surface area contributed by atoms with E-state index < -0.39 is 0 Å². The Balaban J connectivity index is 1.41. The number of aryl methyl sites for hydroxylation is 1. The van der Waals surface area contributed by atoms with E-state index >= 15 is 0 Å². The van der Waals surface area contributed by atoms with Crippen LogP contribution in [0.1, 0.15) is 48.2 Å². The summed E-state index contributed by atoms with van der Waals surface area (Å²) in [7, 11) is 0. The lowest BCUT2D eigenvalue weighted by molar-refractivity contribution is -0.151. The van der Waals surface area contributed by atoms with Crippen LogP contribution >= 0.6 is 11.6 Å². The average Bonchev–Trinajstić information content (AvgIpc) is 3.28. The summed E-state index contributed by atoms with van der Waals surface area (Å²) in [6.45, 7) is 7.34. The molecule has 2 aromatic heterocycles. The van der Waals surface area contributed by atoms with Crippen molar-refractivity contribution in [1.29, 1.82) is 0 Å². The van der Waals surface area contributed by atoms with Crippen LogP contribution in [0, 0.1) is 25.7 Å². The highest BCUT2D eigenvalue weighted by Crippen LogP contribution is 2.38. The van der Waals surface area contributed by atoms with Crippen LogP contribution < -0.4 is 4.74 Å². The molecular weight excluding hydrogens is 456 g/mol. The molecule has 0 aliphatic heterocycles. The van der Waals surface area contributed by atoms with Crippen LogP contribution in [0.4, 0.5) is 0 Å². The van der Waals surface area contributed by atoms with Crippen molar-refractivity contribution >= 4 is 23.5 Å². The van der Waals surface area contributed by atoms with E-state index in [1.807, 2.05) is 26.8 Å². The van der Waals surface area contributed by atoms with Crippen molar-refractivity contribution in [3.63, 3.8) is 0 Å². The fraction of sp³-hybridized carbons (Fsp3) is 0.400. The van der Waals surface area contributed by atoms with Crippen molar-refractivity contribution in [2.24, 2.45) is 11.8 Å². The predicted octanol–water partition coefficient (Wildman–Crippen LogP) is 4.34. The van der Waals surface area contributed by atoms with Crippen LogP contribution in [0.2, 0.25) is 5.15 Å². The summed E-state index contributed by atoms with van der Waals surface area (Å²) in [5.74, 6) is -0.164. The third-order valence-corrected chi connectivity index (χ3v) is 6.75. The van der Waals surface area contributed by atoms with E-state index in [2.05, 4.69) is 15.3 Å². The van der Waals surface area contributed by atoms with E-state index in [0.29, 0.717) is 22.3 Å². The second-order valence-corrected chi connectivity index (χ2v) is 9.09. The number of benzene rings is 1. The maximum atomic E-state index is 12.8. The summed E-state index contributed by atoms with van der Waals surface area (Å²) in [5, 5.41) is 8.43. The van der Waals surface area contributed by atoms with Gasteiger partial charge in [-0.2, -0.15) is 0 Å². The summed E-state index contributed by atoms with van der Waals surface area (Å²) in [6, 6.07) is 5.46. The first-order chi connectivity index (χ1) is 16.2. The molecule has 0 radical (unpaired) electrons. The van der Waals surface area contributed by atoms with Crippen LogP contribution in [-0.2, 0) is 33.8 Å². The third kappa shape index (κ3) is 4.97. The molecular formula is C25H27ClN4O4. The Hall–Kier alpha value is -3.26. The van der Waals surface area contributed by atoms with Gasteiger partial charge in [0.25, 0.3) is 0 Å². The van der Waals surface area contributed by atoms with E-state index in [1.54, 1.807) is 24.5 Å². The van der Waals surface area contributed by atoms with Gasteiger partial charge in [0, 0.05) is 13.1 Å². The fourth-order valence-electron chi connectivity index (χ4n) is 4.51. The first kappa shape index (κ1) is 23.9. The molecule has 0 saturated heterocycles. The van der Waals surface area contributed by atoms with Gasteiger partial charge < -0.3 is 9.47 Å². The number of carbonyl (C=O) groups excluding carboxylic acids is 2. The summed E-state index contributed by atoms with van der Waals surface area (Å²) < 4.78 is 12.5. The molecule has 9 heteroatoms. The molecule has 2 atom stereocenters. The van der Waals surface area contributed by atoms with Gasteiger partial charge in [-0.15, -0.1) is 5.10 Å². The zero-order valence-corrected chi connectivity index (χ0v) is 20.4. The molecule has 0 N–H and O–H groups in total. The number of carbonyl (C=O) groups is 2. The van der Waals surface area contributed by atoms with Gasteiger partial charge in [-0.1, -0.05) is 23.7 Å². The van der Waals surface area contributed by atoms with E-state index in [1.165, 1.54) is 22.7 Å². The summed E-state index contributed by atoms with van der Waals surface area (Å²) in [6.07, 6.45) is 5.77. The Morgan fingerprint density at radius 3 is 2.82 bits per heavy atom. The Morgan fingerprint density at radius 1 is 1.29 bits per heavy atom. The van der Waals surface area contributed by atoms with Crippen molar-refractivity contribution in [2.45, 2.75) is 53.6 Å². The molecule has 178 valence electrons. The monoisotopic (exact) mass is 482 g/mol. The Kier molecular flexibility index (Phi) is 6.97. The number of esters is 2. The minimum atomic E-state index is -0.338. The molecule has 1 aliphatic carbocycles. The van der Waals surface area contributed by atoms with Crippen LogP contribution in [0.25, 0.3) is 5.69 Å². The van der Waals surface area contributed by atoms with Gasteiger partial charge in [-0.05, 0) is 79.5 Å². The van der Waals surface area contributed by atoms with Gasteiger partial charge in [0.1, 0.15) is 23.7 Å². The Labute approximate surface area is 203 Å². The number of aromatic nitrogens is 4. The molecule has 4 rings (SSSR count). The molecule has 8 nitrogen and oxygen atoms in total. The number of fused-ring (bicyclic) bond motifs is 1. The summed E-state index contributed by atoms with van der Waals surface area (Å²) in [5.41, 5.74) is 5.66. The minimum Gasteiger partial charge on any atom is -0.459 e. The standard InChI is InChI=1S/C25H27ClN4O4/c1-14-10-23(34-17(4)31)16(3)21-11-18(7-8-20(14)21)15(2)25(32)33-13-19-12-30(29-28-19)22-6-5-9-27-24(22)26/h5-6,9-10,12,15,18H,7-8,11,13H2,1-4H3/t15-,18-/m1/s1. The topological polar surface area (TPSA) is 96.2 Å². The number of rotatable bonds is 6. The highest BCUT2D eigenvalue weighted by Gasteiger charge is 2.31. The molecule has 0 fully saturated rings. The SMILES string of the molecule is CC(=O)Oc1cc(C)c2c(c1C)C[C@H]([C@@H](C)C(=O)OCc1cn(-c3cccnc3Cl)nn1)CC2. The molecule has 34 heavy (non-hydrogen) atoms. The van der Waals surface area contributed by atoms with Crippen LogP contribution in [0.3, 0.4) is 0 Å². The number of ether oxygens (including phenoxy) is 2. The molecule has 0 saturated carbocycles. The predicted molar refractivity (Wildman–Crippen MR) is 126 cm³/mol. The number of pyridine rings is 1. The van der Waals surface area contributed by atoms with Gasteiger partial charge in [-0.25, -0.2) is 9.67 Å². The molecule has 0 spiro atoms. The lowest BCUT2D eigenvalue weighted by atomic mass is 9.75. The van der Waals surface area contributed by atoms with Crippen molar-refractivity contribution < 1.29 is 19.1 Å². The molecule has 3 aromatic rings. The highest BCUT2D eigenvalue weighted by atomic mass is 35.5. The average molecular weight is 483 g/mol. The number of hydrogen-bond acceptors (Lipinski definition) is 7. The Morgan fingerprint density at radius 2 is 2.09 bits per heavy atom. The maximum Gasteiger partial charge on any atom is 0.309 e. The second kappa shape index (κ2) is 9.93. The lowest BCUT2D eigenvalue weighted by Crippen LogP contribution is -2.29. The van der Waals surface area contributed by atoms with Gasteiger partial charge in [0.15, 0.2) is 5.15 Å². The molecule has 2 heterocycles. The van der Waals surface area contributed by atoms with E-state index in [0.717, 1.165) is 30.4 Å². The number of nitrogens with zero attached hydrogens (tertiary/aromatic N) is 4. The summed E-state index contributed by atoms with van der Waals surface area (Å²) >= 11 is 6.10. The first-order valence-electron chi connectivity index (χ1n) is 11.2. The van der Waals surface area contributed by atoms with E-state index in [4.69, 9.17) is 21.1 Å². The van der Waals surface area contributed by atoms with Crippen molar-refractivity contribution in [1.82, 2.24) is 20.0 Å². The van der Waals surface area contributed by atoms with Crippen LogP contribution in [-0.4, -0.2) is 31.9 Å². The van der Waals surface area contributed by atoms with Crippen LogP contribution in [0.5, 0.6) is 5.75 Å². The Bertz CT molecular complexity index is 1240. The van der Waals surface area contributed by atoms with Gasteiger partial charge >= 0.3 is 11.9 Å². The molecule has 0 amide bonds. The lowest BCUT2D eigenvalue weighted by Gasteiger charge is -2.31. The third-order valence-electron chi connectivity index (χ3n) is 6.46. The fourth-order valence-corrected chi connectivity index (χ4v) is 4.72. The van der Waals surface area contributed by atoms with Crippen molar-refractivity contribution in [3.8, 4) is 11.4 Å². The maximum absolute atomic E-state index is 12.8. The number of hydrogen-bond donors (Lipinski definition) is 0. The molecule has 0 bridgehead atoms. The quantitative estimate of drug-likeness (QED) is 0.293. The van der Waals surface area contributed by atoms with Gasteiger partial charge in [0.2, 0.25) is 0 Å². The zero-order valence-electron chi connectivity index (χ0n) is 19.7. The minimum absolute atomic E-state index is 0.0269. The zero-order chi connectivity index (χ0) is 24.4.